The summed E-state index contributed by atoms with van der Waals surface area (Å²) in [5.74, 6) is 5.22. The Morgan fingerprint density at radius 1 is 1.47 bits per heavy atom. The molecule has 2 aromatic rings. The molecule has 100 valence electrons. The Kier molecular flexibility index (Phi) is 4.09. The smallest absolute Gasteiger partial charge is 0.253 e. The van der Waals surface area contributed by atoms with E-state index in [-0.39, 0.29) is 5.91 Å². The summed E-state index contributed by atoms with van der Waals surface area (Å²) in [7, 11) is 0. The molecule has 1 aromatic carbocycles. The fourth-order valence-corrected chi connectivity index (χ4v) is 1.70. The predicted molar refractivity (Wildman–Crippen MR) is 71.3 cm³/mol. The molecule has 7 nitrogen and oxygen atoms in total. The van der Waals surface area contributed by atoms with Gasteiger partial charge < -0.3 is 10.7 Å². The monoisotopic (exact) mass is 260 g/mol. The molecule has 0 spiro atoms. The molecule has 19 heavy (non-hydrogen) atoms. The first-order valence-electron chi connectivity index (χ1n) is 5.90. The summed E-state index contributed by atoms with van der Waals surface area (Å²) in [6.45, 7) is 2.97. The topological polar surface area (TPSA) is 97.9 Å². The number of hydrogen-bond donors (Lipinski definition) is 3. The van der Waals surface area contributed by atoms with Crippen molar-refractivity contribution in [2.45, 2.75) is 13.5 Å². The van der Waals surface area contributed by atoms with Crippen LogP contribution >= 0.6 is 0 Å². The zero-order chi connectivity index (χ0) is 13.7. The standard InChI is InChI=1S/C12H16N6O/c1-9-2-3-11(16-13)10(8-9)12(19)14-4-6-18-7-5-15-17-18/h2-3,5,7-8,16H,4,6,13H2,1H3,(H,14,19). The number of nitrogen functional groups attached to an aromatic ring is 1. The van der Waals surface area contributed by atoms with Crippen LogP contribution in [0.3, 0.4) is 0 Å². The first-order chi connectivity index (χ1) is 9.20. The first kappa shape index (κ1) is 13.0. The van der Waals surface area contributed by atoms with Crippen molar-refractivity contribution < 1.29 is 4.79 Å². The normalized spacial score (nSPS) is 10.2. The fraction of sp³-hybridized carbons (Fsp3) is 0.250. The molecule has 1 aromatic heterocycles. The van der Waals surface area contributed by atoms with E-state index < -0.39 is 0 Å². The number of nitrogens with zero attached hydrogens (tertiary/aromatic N) is 3. The SMILES string of the molecule is Cc1ccc(NN)c(C(=O)NCCn2ccnn2)c1. The van der Waals surface area contributed by atoms with Crippen LogP contribution < -0.4 is 16.6 Å². The van der Waals surface area contributed by atoms with E-state index >= 15 is 0 Å². The van der Waals surface area contributed by atoms with Crippen LogP contribution in [0, 0.1) is 6.92 Å². The van der Waals surface area contributed by atoms with E-state index in [4.69, 9.17) is 5.84 Å². The van der Waals surface area contributed by atoms with Gasteiger partial charge in [-0.15, -0.1) is 5.10 Å². The number of nitrogens with two attached hydrogens (primary N) is 1. The number of rotatable bonds is 5. The van der Waals surface area contributed by atoms with Crippen molar-refractivity contribution in [1.82, 2.24) is 20.3 Å². The highest BCUT2D eigenvalue weighted by Crippen LogP contribution is 2.15. The van der Waals surface area contributed by atoms with Crippen LogP contribution in [-0.4, -0.2) is 27.4 Å². The van der Waals surface area contributed by atoms with Gasteiger partial charge in [0.15, 0.2) is 0 Å². The molecule has 0 bridgehead atoms. The molecule has 1 heterocycles. The molecular weight excluding hydrogens is 244 g/mol. The third-order valence-corrected chi connectivity index (χ3v) is 2.67. The van der Waals surface area contributed by atoms with Gasteiger partial charge in [-0.05, 0) is 19.1 Å². The Morgan fingerprint density at radius 2 is 2.32 bits per heavy atom. The lowest BCUT2D eigenvalue weighted by Gasteiger charge is -2.10. The molecule has 0 aliphatic carbocycles. The van der Waals surface area contributed by atoms with Gasteiger partial charge >= 0.3 is 0 Å². The van der Waals surface area contributed by atoms with Crippen LogP contribution in [0.15, 0.2) is 30.6 Å². The van der Waals surface area contributed by atoms with Crippen molar-refractivity contribution in [3.05, 3.63) is 41.7 Å². The number of carbonyl (C=O) groups excluding carboxylic acids is 1. The van der Waals surface area contributed by atoms with Gasteiger partial charge in [0, 0.05) is 12.7 Å². The molecule has 7 heteroatoms. The highest BCUT2D eigenvalue weighted by Gasteiger charge is 2.10. The average molecular weight is 260 g/mol. The third kappa shape index (κ3) is 3.29. The maximum absolute atomic E-state index is 12.1. The lowest BCUT2D eigenvalue weighted by atomic mass is 10.1. The second-order valence-corrected chi connectivity index (χ2v) is 4.12. The van der Waals surface area contributed by atoms with Gasteiger partial charge in [0.1, 0.15) is 0 Å². The Labute approximate surface area is 110 Å². The summed E-state index contributed by atoms with van der Waals surface area (Å²) in [6.07, 6.45) is 3.34. The summed E-state index contributed by atoms with van der Waals surface area (Å²) in [4.78, 5) is 12.1. The van der Waals surface area contributed by atoms with E-state index in [1.807, 2.05) is 13.0 Å². The number of nitrogens with one attached hydrogen (secondary N) is 2. The van der Waals surface area contributed by atoms with Crippen molar-refractivity contribution in [3.63, 3.8) is 0 Å². The minimum atomic E-state index is -0.170. The van der Waals surface area contributed by atoms with Crippen LogP contribution in [-0.2, 0) is 6.54 Å². The van der Waals surface area contributed by atoms with Crippen LogP contribution in [0.4, 0.5) is 5.69 Å². The molecule has 0 aliphatic rings. The van der Waals surface area contributed by atoms with Crippen LogP contribution in [0.5, 0.6) is 0 Å². The molecule has 0 aliphatic heterocycles. The number of hydrazine groups is 1. The summed E-state index contributed by atoms with van der Waals surface area (Å²) in [6, 6.07) is 5.46. The van der Waals surface area contributed by atoms with Gasteiger partial charge in [0.25, 0.3) is 5.91 Å². The number of carbonyl (C=O) groups is 1. The molecule has 1 amide bonds. The van der Waals surface area contributed by atoms with E-state index in [0.717, 1.165) is 5.56 Å². The van der Waals surface area contributed by atoms with E-state index in [1.165, 1.54) is 0 Å². The zero-order valence-electron chi connectivity index (χ0n) is 10.6. The molecule has 4 N–H and O–H groups in total. The average Bonchev–Trinajstić information content (AvgIpc) is 2.91. The number of benzene rings is 1. The highest BCUT2D eigenvalue weighted by atomic mass is 16.1. The van der Waals surface area contributed by atoms with Crippen LogP contribution in [0.25, 0.3) is 0 Å². The number of anilines is 1. The van der Waals surface area contributed by atoms with Gasteiger partial charge in [-0.3, -0.25) is 15.3 Å². The second-order valence-electron chi connectivity index (χ2n) is 4.12. The van der Waals surface area contributed by atoms with Gasteiger partial charge in [-0.2, -0.15) is 0 Å². The number of amides is 1. The van der Waals surface area contributed by atoms with Gasteiger partial charge in [0.05, 0.1) is 24.0 Å². The lowest BCUT2D eigenvalue weighted by Crippen LogP contribution is -2.28. The quantitative estimate of drug-likeness (QED) is 0.530. The van der Waals surface area contributed by atoms with Crippen molar-refractivity contribution in [2.75, 3.05) is 12.0 Å². The van der Waals surface area contributed by atoms with Crippen LogP contribution in [0.2, 0.25) is 0 Å². The third-order valence-electron chi connectivity index (χ3n) is 2.67. The molecule has 0 radical (unpaired) electrons. The maximum atomic E-state index is 12.1. The maximum Gasteiger partial charge on any atom is 0.253 e. The fourth-order valence-electron chi connectivity index (χ4n) is 1.70. The molecule has 0 unspecified atom stereocenters. The Balaban J connectivity index is 1.97. The highest BCUT2D eigenvalue weighted by molar-refractivity contribution is 5.99. The first-order valence-corrected chi connectivity index (χ1v) is 5.90. The van der Waals surface area contributed by atoms with Gasteiger partial charge in [-0.25, -0.2) is 0 Å². The minimum absolute atomic E-state index is 0.170. The largest absolute Gasteiger partial charge is 0.350 e. The molecule has 0 saturated carbocycles. The minimum Gasteiger partial charge on any atom is -0.350 e. The van der Waals surface area contributed by atoms with Crippen molar-refractivity contribution in [3.8, 4) is 0 Å². The zero-order valence-corrected chi connectivity index (χ0v) is 10.6. The van der Waals surface area contributed by atoms with E-state index in [1.54, 1.807) is 29.2 Å². The van der Waals surface area contributed by atoms with Gasteiger partial charge in [0.2, 0.25) is 0 Å². The Bertz CT molecular complexity index is 551. The Morgan fingerprint density at radius 3 is 3.00 bits per heavy atom. The van der Waals surface area contributed by atoms with Gasteiger partial charge in [-0.1, -0.05) is 16.8 Å². The summed E-state index contributed by atoms with van der Waals surface area (Å²) < 4.78 is 1.65. The Hall–Kier alpha value is -2.41. The van der Waals surface area contributed by atoms with Crippen molar-refractivity contribution in [2.24, 2.45) is 5.84 Å². The second kappa shape index (κ2) is 5.96. The number of hydrogen-bond acceptors (Lipinski definition) is 5. The number of aromatic nitrogens is 3. The predicted octanol–water partition coefficient (Wildman–Crippen LogP) is 0.302. The summed E-state index contributed by atoms with van der Waals surface area (Å²) >= 11 is 0. The molecular formula is C12H16N6O. The molecule has 0 fully saturated rings. The number of aryl methyl sites for hydroxylation is 1. The van der Waals surface area contributed by atoms with Crippen molar-refractivity contribution in [1.29, 1.82) is 0 Å². The summed E-state index contributed by atoms with van der Waals surface area (Å²) in [5.41, 5.74) is 4.65. The van der Waals surface area contributed by atoms with Crippen LogP contribution in [0.1, 0.15) is 15.9 Å². The van der Waals surface area contributed by atoms with E-state index in [2.05, 4.69) is 21.1 Å². The molecule has 2 rings (SSSR count). The van der Waals surface area contributed by atoms with E-state index in [9.17, 15) is 4.79 Å². The summed E-state index contributed by atoms with van der Waals surface area (Å²) in [5, 5.41) is 10.3. The lowest BCUT2D eigenvalue weighted by molar-refractivity contribution is 0.0952. The molecule has 0 atom stereocenters. The van der Waals surface area contributed by atoms with Crippen molar-refractivity contribution >= 4 is 11.6 Å². The van der Waals surface area contributed by atoms with E-state index in [0.29, 0.717) is 24.3 Å². The molecule has 0 saturated heterocycles.